The van der Waals surface area contributed by atoms with Gasteiger partial charge in [-0.3, -0.25) is 4.79 Å². The molecule has 0 saturated heterocycles. The van der Waals surface area contributed by atoms with Gasteiger partial charge in [0, 0.05) is 25.0 Å². The van der Waals surface area contributed by atoms with Crippen molar-refractivity contribution < 1.29 is 13.2 Å². The Morgan fingerprint density at radius 3 is 2.74 bits per heavy atom. The standard InChI is InChI=1S/C12H19N3O3S/c1-4-13-11-10(6-5-7-14-11)12(16)15-9(2)8-19(3,17)18/h5-7,9H,4,8H2,1-3H3,(H,13,14)(H,15,16). The highest BCUT2D eigenvalue weighted by Crippen LogP contribution is 2.11. The van der Waals surface area contributed by atoms with Gasteiger partial charge in [-0.1, -0.05) is 0 Å². The number of carbonyl (C=O) groups is 1. The quantitative estimate of drug-likeness (QED) is 0.802. The minimum absolute atomic E-state index is 0.0878. The van der Waals surface area contributed by atoms with Crippen molar-refractivity contribution in [1.82, 2.24) is 10.3 Å². The normalized spacial score (nSPS) is 12.8. The van der Waals surface area contributed by atoms with Crippen LogP contribution in [0, 0.1) is 0 Å². The van der Waals surface area contributed by atoms with E-state index >= 15 is 0 Å². The second kappa shape index (κ2) is 6.51. The number of hydrogen-bond donors (Lipinski definition) is 2. The van der Waals surface area contributed by atoms with Crippen LogP contribution in [-0.4, -0.2) is 43.9 Å². The molecule has 0 aliphatic rings. The fourth-order valence-electron chi connectivity index (χ4n) is 1.69. The molecule has 1 amide bonds. The molecule has 0 saturated carbocycles. The maximum absolute atomic E-state index is 12.1. The first-order chi connectivity index (χ1) is 8.83. The van der Waals surface area contributed by atoms with Gasteiger partial charge in [0.15, 0.2) is 0 Å². The number of hydrogen-bond acceptors (Lipinski definition) is 5. The Morgan fingerprint density at radius 2 is 2.16 bits per heavy atom. The number of carbonyl (C=O) groups excluding carboxylic acids is 1. The van der Waals surface area contributed by atoms with Gasteiger partial charge in [-0.05, 0) is 26.0 Å². The van der Waals surface area contributed by atoms with E-state index in [4.69, 9.17) is 0 Å². The molecule has 2 N–H and O–H groups in total. The highest BCUT2D eigenvalue weighted by molar-refractivity contribution is 7.90. The van der Waals surface area contributed by atoms with Gasteiger partial charge in [0.05, 0.1) is 11.3 Å². The van der Waals surface area contributed by atoms with Gasteiger partial charge < -0.3 is 10.6 Å². The van der Waals surface area contributed by atoms with Gasteiger partial charge in [0.1, 0.15) is 15.7 Å². The summed E-state index contributed by atoms with van der Waals surface area (Å²) in [6.07, 6.45) is 2.73. The third-order valence-electron chi connectivity index (χ3n) is 2.33. The van der Waals surface area contributed by atoms with E-state index in [-0.39, 0.29) is 11.7 Å². The molecule has 1 aromatic rings. The number of pyridine rings is 1. The zero-order valence-corrected chi connectivity index (χ0v) is 12.1. The number of amides is 1. The molecule has 0 bridgehead atoms. The van der Waals surface area contributed by atoms with Crippen LogP contribution in [0.5, 0.6) is 0 Å². The highest BCUT2D eigenvalue weighted by atomic mass is 32.2. The Kier molecular flexibility index (Phi) is 5.29. The summed E-state index contributed by atoms with van der Waals surface area (Å²) in [5, 5.41) is 5.64. The van der Waals surface area contributed by atoms with Crippen molar-refractivity contribution in [3.63, 3.8) is 0 Å². The van der Waals surface area contributed by atoms with Crippen molar-refractivity contribution in [2.45, 2.75) is 19.9 Å². The Hall–Kier alpha value is -1.63. The summed E-state index contributed by atoms with van der Waals surface area (Å²) in [4.78, 5) is 16.1. The summed E-state index contributed by atoms with van der Waals surface area (Å²) in [5.41, 5.74) is 0.407. The van der Waals surface area contributed by atoms with Crippen molar-refractivity contribution in [3.8, 4) is 0 Å². The molecule has 106 valence electrons. The van der Waals surface area contributed by atoms with Crippen LogP contribution >= 0.6 is 0 Å². The molecule has 0 spiro atoms. The van der Waals surface area contributed by atoms with E-state index in [1.807, 2.05) is 6.92 Å². The van der Waals surface area contributed by atoms with Crippen molar-refractivity contribution in [3.05, 3.63) is 23.9 Å². The lowest BCUT2D eigenvalue weighted by Crippen LogP contribution is -2.37. The SMILES string of the molecule is CCNc1ncccc1C(=O)NC(C)CS(C)(=O)=O. The highest BCUT2D eigenvalue weighted by Gasteiger charge is 2.16. The zero-order valence-electron chi connectivity index (χ0n) is 11.3. The molecule has 1 aromatic heterocycles. The molecular formula is C12H19N3O3S. The first-order valence-electron chi connectivity index (χ1n) is 6.01. The van der Waals surface area contributed by atoms with Gasteiger partial charge in [-0.2, -0.15) is 0 Å². The van der Waals surface area contributed by atoms with Crippen LogP contribution < -0.4 is 10.6 Å². The minimum atomic E-state index is -3.12. The van der Waals surface area contributed by atoms with Gasteiger partial charge in [0.25, 0.3) is 5.91 Å². The average molecular weight is 285 g/mol. The lowest BCUT2D eigenvalue weighted by molar-refractivity contribution is 0.0944. The maximum Gasteiger partial charge on any atom is 0.255 e. The first-order valence-corrected chi connectivity index (χ1v) is 8.07. The summed E-state index contributed by atoms with van der Waals surface area (Å²) in [6, 6.07) is 2.86. The summed E-state index contributed by atoms with van der Waals surface area (Å²) in [6.45, 7) is 4.21. The van der Waals surface area contributed by atoms with E-state index in [0.29, 0.717) is 17.9 Å². The van der Waals surface area contributed by atoms with Crippen LogP contribution in [0.1, 0.15) is 24.2 Å². The van der Waals surface area contributed by atoms with Crippen molar-refractivity contribution in [1.29, 1.82) is 0 Å². The molecule has 0 aliphatic carbocycles. The molecule has 1 rings (SSSR count). The van der Waals surface area contributed by atoms with Crippen molar-refractivity contribution >= 4 is 21.6 Å². The largest absolute Gasteiger partial charge is 0.370 e. The van der Waals surface area contributed by atoms with Crippen LogP contribution in [-0.2, 0) is 9.84 Å². The van der Waals surface area contributed by atoms with E-state index < -0.39 is 15.9 Å². The molecule has 19 heavy (non-hydrogen) atoms. The number of rotatable bonds is 6. The number of aromatic nitrogens is 1. The van der Waals surface area contributed by atoms with E-state index in [0.717, 1.165) is 6.26 Å². The summed E-state index contributed by atoms with van der Waals surface area (Å²) < 4.78 is 22.3. The van der Waals surface area contributed by atoms with Crippen molar-refractivity contribution in [2.24, 2.45) is 0 Å². The van der Waals surface area contributed by atoms with E-state index in [2.05, 4.69) is 15.6 Å². The van der Waals surface area contributed by atoms with Gasteiger partial charge >= 0.3 is 0 Å². The lowest BCUT2D eigenvalue weighted by atomic mass is 10.2. The van der Waals surface area contributed by atoms with Crippen LogP contribution in [0.2, 0.25) is 0 Å². The predicted octanol–water partition coefficient (Wildman–Crippen LogP) is 0.676. The second-order valence-electron chi connectivity index (χ2n) is 4.40. The van der Waals surface area contributed by atoms with Crippen LogP contribution in [0.25, 0.3) is 0 Å². The van der Waals surface area contributed by atoms with Crippen LogP contribution in [0.4, 0.5) is 5.82 Å². The summed E-state index contributed by atoms with van der Waals surface area (Å²) in [5.74, 6) is 0.0736. The molecule has 0 aliphatic heterocycles. The lowest BCUT2D eigenvalue weighted by Gasteiger charge is -2.14. The average Bonchev–Trinajstić information content (AvgIpc) is 2.27. The van der Waals surface area contributed by atoms with Gasteiger partial charge in [-0.15, -0.1) is 0 Å². The number of sulfone groups is 1. The van der Waals surface area contributed by atoms with Crippen molar-refractivity contribution in [2.75, 3.05) is 23.9 Å². The van der Waals surface area contributed by atoms with Gasteiger partial charge in [-0.25, -0.2) is 13.4 Å². The van der Waals surface area contributed by atoms with E-state index in [1.165, 1.54) is 0 Å². The van der Waals surface area contributed by atoms with E-state index in [1.54, 1.807) is 25.3 Å². The van der Waals surface area contributed by atoms with Gasteiger partial charge in [0.2, 0.25) is 0 Å². The zero-order chi connectivity index (χ0) is 14.5. The fraction of sp³-hybridized carbons (Fsp3) is 0.500. The molecule has 1 heterocycles. The maximum atomic E-state index is 12.1. The van der Waals surface area contributed by atoms with Crippen LogP contribution in [0.3, 0.4) is 0 Å². The number of nitrogens with zero attached hydrogens (tertiary/aromatic N) is 1. The molecule has 7 heteroatoms. The Morgan fingerprint density at radius 1 is 1.47 bits per heavy atom. The predicted molar refractivity (Wildman–Crippen MR) is 75.0 cm³/mol. The third kappa shape index (κ3) is 5.25. The topological polar surface area (TPSA) is 88.2 Å². The van der Waals surface area contributed by atoms with E-state index in [9.17, 15) is 13.2 Å². The first kappa shape index (κ1) is 15.4. The molecular weight excluding hydrogens is 266 g/mol. The number of nitrogens with one attached hydrogen (secondary N) is 2. The third-order valence-corrected chi connectivity index (χ3v) is 3.43. The molecule has 0 radical (unpaired) electrons. The molecule has 1 unspecified atom stereocenters. The summed E-state index contributed by atoms with van der Waals surface area (Å²) in [7, 11) is -3.12. The van der Waals surface area contributed by atoms with Crippen LogP contribution in [0.15, 0.2) is 18.3 Å². The molecule has 6 nitrogen and oxygen atoms in total. The summed E-state index contributed by atoms with van der Waals surface area (Å²) >= 11 is 0. The molecule has 0 aromatic carbocycles. The fourth-order valence-corrected chi connectivity index (χ4v) is 2.69. The number of anilines is 1. The Balaban J connectivity index is 2.78. The molecule has 0 fully saturated rings. The molecule has 1 atom stereocenters. The monoisotopic (exact) mass is 285 g/mol. The minimum Gasteiger partial charge on any atom is -0.370 e. The second-order valence-corrected chi connectivity index (χ2v) is 6.58. The Labute approximate surface area is 113 Å². The smallest absolute Gasteiger partial charge is 0.255 e. The Bertz CT molecular complexity index is 543.